The molecular formula is C28H29N3O4. The molecule has 7 heteroatoms. The molecule has 1 unspecified atom stereocenters. The van der Waals surface area contributed by atoms with Gasteiger partial charge in [-0.05, 0) is 66.8 Å². The lowest BCUT2D eigenvalue weighted by Gasteiger charge is -2.12. The fourth-order valence-electron chi connectivity index (χ4n) is 4.82. The van der Waals surface area contributed by atoms with Crippen LogP contribution >= 0.6 is 0 Å². The lowest BCUT2D eigenvalue weighted by molar-refractivity contribution is -0.137. The number of nitrogens with zero attached hydrogens (tertiary/aromatic N) is 3. The van der Waals surface area contributed by atoms with Gasteiger partial charge in [0.25, 0.3) is 0 Å². The fourth-order valence-corrected chi connectivity index (χ4v) is 4.82. The smallest absolute Gasteiger partial charge is 0.303 e. The number of hydrogen-bond donors (Lipinski definition) is 2. The summed E-state index contributed by atoms with van der Waals surface area (Å²) in [6.07, 6.45) is 6.57. The fraction of sp³-hybridized carbons (Fsp3) is 0.321. The van der Waals surface area contributed by atoms with E-state index in [9.17, 15) is 9.90 Å². The number of carboxylic acids is 1. The van der Waals surface area contributed by atoms with Crippen LogP contribution in [-0.4, -0.2) is 30.9 Å². The number of hydrogen-bond acceptors (Lipinski definition) is 5. The summed E-state index contributed by atoms with van der Waals surface area (Å²) in [6, 6.07) is 17.2. The Labute approximate surface area is 204 Å². The number of rotatable bonds is 8. The predicted octanol–water partition coefficient (Wildman–Crippen LogP) is 6.08. The van der Waals surface area contributed by atoms with E-state index in [2.05, 4.69) is 10.7 Å². The Balaban J connectivity index is 1.39. The molecule has 1 saturated carbocycles. The maximum atomic E-state index is 11.0. The van der Waals surface area contributed by atoms with Gasteiger partial charge in [0.15, 0.2) is 0 Å². The second kappa shape index (κ2) is 9.78. The van der Waals surface area contributed by atoms with Gasteiger partial charge in [-0.25, -0.2) is 0 Å². The van der Waals surface area contributed by atoms with Gasteiger partial charge >= 0.3 is 5.97 Å². The topological polar surface area (TPSA) is 97.5 Å². The number of ether oxygens (including phenoxy) is 1. The van der Waals surface area contributed by atoms with Crippen LogP contribution in [-0.2, 0) is 11.4 Å². The molecule has 0 amide bonds. The van der Waals surface area contributed by atoms with E-state index in [0.717, 1.165) is 52.0 Å². The first kappa shape index (κ1) is 22.9. The third kappa shape index (κ3) is 4.99. The van der Waals surface area contributed by atoms with Gasteiger partial charge in [0.05, 0.1) is 18.0 Å². The normalized spacial score (nSPS) is 14.9. The zero-order valence-corrected chi connectivity index (χ0v) is 19.7. The first-order valence-electron chi connectivity index (χ1n) is 12.1. The minimum atomic E-state index is -0.800. The summed E-state index contributed by atoms with van der Waals surface area (Å²) in [5, 5.41) is 23.7. The largest absolute Gasteiger partial charge is 0.508 e. The molecule has 0 spiro atoms. The number of benzene rings is 2. The minimum Gasteiger partial charge on any atom is -0.508 e. The number of pyridine rings is 1. The van der Waals surface area contributed by atoms with E-state index in [1.54, 1.807) is 12.1 Å². The van der Waals surface area contributed by atoms with Gasteiger partial charge in [-0.2, -0.15) is 5.10 Å². The van der Waals surface area contributed by atoms with Crippen LogP contribution in [0, 0.1) is 0 Å². The molecule has 1 fully saturated rings. The van der Waals surface area contributed by atoms with E-state index in [1.165, 1.54) is 12.8 Å². The van der Waals surface area contributed by atoms with Gasteiger partial charge in [0.1, 0.15) is 29.3 Å². The van der Waals surface area contributed by atoms with Crippen molar-refractivity contribution in [2.24, 2.45) is 0 Å². The highest BCUT2D eigenvalue weighted by molar-refractivity contribution is 5.90. The average molecular weight is 472 g/mol. The van der Waals surface area contributed by atoms with E-state index in [1.807, 2.05) is 49.5 Å². The lowest BCUT2D eigenvalue weighted by atomic mass is 9.98. The molecule has 2 aromatic heterocycles. The molecule has 2 heterocycles. The Hall–Kier alpha value is -3.87. The number of aliphatic carboxylic acids is 1. The Morgan fingerprint density at radius 3 is 2.51 bits per heavy atom. The van der Waals surface area contributed by atoms with Gasteiger partial charge < -0.3 is 14.9 Å². The molecule has 2 aromatic carbocycles. The summed E-state index contributed by atoms with van der Waals surface area (Å²) in [5.74, 6) is 0.105. The second-order valence-corrected chi connectivity index (χ2v) is 9.35. The Morgan fingerprint density at radius 1 is 1.11 bits per heavy atom. The van der Waals surface area contributed by atoms with Gasteiger partial charge in [-0.1, -0.05) is 31.9 Å². The van der Waals surface area contributed by atoms with Crippen LogP contribution < -0.4 is 4.74 Å². The number of aromatic nitrogens is 3. The van der Waals surface area contributed by atoms with Gasteiger partial charge in [-0.3, -0.25) is 14.5 Å². The van der Waals surface area contributed by atoms with Crippen LogP contribution in [0.3, 0.4) is 0 Å². The van der Waals surface area contributed by atoms with Crippen molar-refractivity contribution < 1.29 is 19.7 Å². The van der Waals surface area contributed by atoms with Gasteiger partial charge in [0.2, 0.25) is 0 Å². The summed E-state index contributed by atoms with van der Waals surface area (Å²) < 4.78 is 8.14. The Morgan fingerprint density at radius 2 is 1.83 bits per heavy atom. The molecule has 0 aliphatic heterocycles. The van der Waals surface area contributed by atoms with Crippen LogP contribution in [0.25, 0.3) is 22.3 Å². The number of carboxylic acid groups (broad SMARTS) is 1. The van der Waals surface area contributed by atoms with Crippen molar-refractivity contribution in [1.82, 2.24) is 14.8 Å². The summed E-state index contributed by atoms with van der Waals surface area (Å²) >= 11 is 0. The summed E-state index contributed by atoms with van der Waals surface area (Å²) in [6.45, 7) is 2.28. The van der Waals surface area contributed by atoms with Crippen LogP contribution in [0.15, 0.2) is 60.8 Å². The number of aromatic hydroxyl groups is 1. The molecule has 7 nitrogen and oxygen atoms in total. The average Bonchev–Trinajstić information content (AvgIpc) is 3.51. The molecule has 0 bridgehead atoms. The Bertz CT molecular complexity index is 1320. The van der Waals surface area contributed by atoms with Crippen LogP contribution in [0.5, 0.6) is 11.5 Å². The first-order chi connectivity index (χ1) is 17.0. The maximum Gasteiger partial charge on any atom is 0.303 e. The standard InChI is InChI=1S/C28H29N3O4/c1-18(14-26(33)34)20-8-12-24(13-9-20)35-17-19-15-25-28(29-16-19)27(21-6-10-23(32)11-7-21)30-31(25)22-4-2-3-5-22/h6-13,15-16,18,22,32H,2-5,14,17H2,1H3,(H,33,34). The summed E-state index contributed by atoms with van der Waals surface area (Å²) in [7, 11) is 0. The molecule has 0 saturated heterocycles. The minimum absolute atomic E-state index is 0.0493. The van der Waals surface area contributed by atoms with Crippen molar-refractivity contribution >= 4 is 17.0 Å². The van der Waals surface area contributed by atoms with Crippen molar-refractivity contribution in [3.8, 4) is 22.8 Å². The third-order valence-electron chi connectivity index (χ3n) is 6.75. The lowest BCUT2D eigenvalue weighted by Crippen LogP contribution is -2.07. The molecule has 2 N–H and O–H groups in total. The van der Waals surface area contributed by atoms with Crippen LogP contribution in [0.1, 0.15) is 62.1 Å². The molecule has 1 aliphatic carbocycles. The van der Waals surface area contributed by atoms with Crippen LogP contribution in [0.4, 0.5) is 0 Å². The van der Waals surface area contributed by atoms with E-state index in [4.69, 9.17) is 19.9 Å². The molecule has 1 atom stereocenters. The zero-order chi connectivity index (χ0) is 24.4. The molecule has 5 rings (SSSR count). The van der Waals surface area contributed by atoms with Crippen LogP contribution in [0.2, 0.25) is 0 Å². The zero-order valence-electron chi connectivity index (χ0n) is 19.7. The number of phenolic OH excluding ortho intramolecular Hbond substituents is 1. The molecule has 35 heavy (non-hydrogen) atoms. The SMILES string of the molecule is CC(CC(=O)O)c1ccc(OCc2cnc3c(-c4ccc(O)cc4)nn(C4CCCC4)c3c2)cc1. The highest BCUT2D eigenvalue weighted by atomic mass is 16.5. The third-order valence-corrected chi connectivity index (χ3v) is 6.75. The monoisotopic (exact) mass is 471 g/mol. The van der Waals surface area contributed by atoms with E-state index < -0.39 is 5.97 Å². The highest BCUT2D eigenvalue weighted by Gasteiger charge is 2.23. The molecule has 4 aromatic rings. The van der Waals surface area contributed by atoms with Gasteiger partial charge in [0, 0.05) is 17.3 Å². The van der Waals surface area contributed by atoms with Gasteiger partial charge in [-0.15, -0.1) is 0 Å². The quantitative estimate of drug-likeness (QED) is 0.323. The predicted molar refractivity (Wildman–Crippen MR) is 134 cm³/mol. The van der Waals surface area contributed by atoms with Crippen molar-refractivity contribution in [2.45, 2.75) is 57.6 Å². The maximum absolute atomic E-state index is 11.0. The number of carbonyl (C=O) groups is 1. The molecule has 1 aliphatic rings. The first-order valence-corrected chi connectivity index (χ1v) is 12.1. The molecule has 180 valence electrons. The van der Waals surface area contributed by atoms with Crippen molar-refractivity contribution in [2.75, 3.05) is 0 Å². The summed E-state index contributed by atoms with van der Waals surface area (Å²) in [5.41, 5.74) is 5.54. The van der Waals surface area contributed by atoms with Crippen molar-refractivity contribution in [1.29, 1.82) is 0 Å². The van der Waals surface area contributed by atoms with E-state index in [0.29, 0.717) is 12.6 Å². The Kier molecular flexibility index (Phi) is 6.40. The van der Waals surface area contributed by atoms with Crippen molar-refractivity contribution in [3.05, 3.63) is 71.9 Å². The van der Waals surface area contributed by atoms with E-state index in [-0.39, 0.29) is 18.1 Å². The highest BCUT2D eigenvalue weighted by Crippen LogP contribution is 2.35. The summed E-state index contributed by atoms with van der Waals surface area (Å²) in [4.78, 5) is 15.7. The molecular weight excluding hydrogens is 442 g/mol. The molecule has 0 radical (unpaired) electrons. The number of fused-ring (bicyclic) bond motifs is 1. The van der Waals surface area contributed by atoms with Crippen molar-refractivity contribution in [3.63, 3.8) is 0 Å². The van der Waals surface area contributed by atoms with E-state index >= 15 is 0 Å². The number of phenols is 1. The second-order valence-electron chi connectivity index (χ2n) is 9.35.